The monoisotopic (exact) mass is 366 g/mol. The third kappa shape index (κ3) is 5.03. The molecule has 2 N–H and O–H groups in total. The van der Waals surface area contributed by atoms with E-state index in [4.69, 9.17) is 4.74 Å². The summed E-state index contributed by atoms with van der Waals surface area (Å²) >= 11 is 1.56. The van der Waals surface area contributed by atoms with Crippen molar-refractivity contribution >= 4 is 17.2 Å². The van der Waals surface area contributed by atoms with E-state index in [2.05, 4.69) is 12.2 Å². The number of ether oxygens (including phenoxy) is 1. The number of rotatable bonds is 6. The Balaban J connectivity index is 1.56. The number of hydrogen-bond acceptors (Lipinski definition) is 5. The zero-order valence-corrected chi connectivity index (χ0v) is 15.8. The summed E-state index contributed by atoms with van der Waals surface area (Å²) in [6.07, 6.45) is 3.03. The number of amides is 1. The second kappa shape index (κ2) is 9.12. The third-order valence-corrected chi connectivity index (χ3v) is 6.52. The van der Waals surface area contributed by atoms with Gasteiger partial charge in [-0.1, -0.05) is 13.0 Å². The quantitative estimate of drug-likeness (QED) is 0.812. The maximum absolute atomic E-state index is 12.9. The van der Waals surface area contributed by atoms with Crippen LogP contribution in [0.1, 0.15) is 43.6 Å². The SMILES string of the molecule is CC(CC(=O)N1CCOCC1CC(O)c1cccs1)C1CCCNC1. The van der Waals surface area contributed by atoms with Crippen LogP contribution in [0.15, 0.2) is 17.5 Å². The van der Waals surface area contributed by atoms with Gasteiger partial charge in [0.1, 0.15) is 0 Å². The Morgan fingerprint density at radius 1 is 1.56 bits per heavy atom. The molecule has 0 bridgehead atoms. The van der Waals surface area contributed by atoms with Gasteiger partial charge in [-0.2, -0.15) is 0 Å². The Bertz CT molecular complexity index is 531. The number of morpholine rings is 1. The van der Waals surface area contributed by atoms with Crippen molar-refractivity contribution < 1.29 is 14.6 Å². The molecule has 1 aromatic heterocycles. The van der Waals surface area contributed by atoms with Crippen molar-refractivity contribution in [1.82, 2.24) is 10.2 Å². The maximum Gasteiger partial charge on any atom is 0.223 e. The van der Waals surface area contributed by atoms with Gasteiger partial charge in [-0.05, 0) is 49.2 Å². The van der Waals surface area contributed by atoms with Gasteiger partial charge in [-0.3, -0.25) is 4.79 Å². The molecule has 2 aliphatic rings. The van der Waals surface area contributed by atoms with E-state index in [0.29, 0.717) is 44.4 Å². The molecule has 5 nitrogen and oxygen atoms in total. The fourth-order valence-electron chi connectivity index (χ4n) is 3.96. The van der Waals surface area contributed by atoms with Crippen LogP contribution in [-0.4, -0.2) is 54.8 Å². The third-order valence-electron chi connectivity index (χ3n) is 5.55. The number of carbonyl (C=O) groups excluding carboxylic acids is 1. The predicted octanol–water partition coefficient (Wildman–Crippen LogP) is 2.42. The van der Waals surface area contributed by atoms with E-state index in [1.54, 1.807) is 11.3 Å². The molecule has 6 heteroatoms. The van der Waals surface area contributed by atoms with Gasteiger partial charge in [0.05, 0.1) is 25.4 Å². The number of piperidine rings is 1. The highest BCUT2D eigenvalue weighted by atomic mass is 32.1. The van der Waals surface area contributed by atoms with Crippen LogP contribution in [0.3, 0.4) is 0 Å². The smallest absolute Gasteiger partial charge is 0.223 e. The lowest BCUT2D eigenvalue weighted by Crippen LogP contribution is -2.50. The molecule has 0 saturated carbocycles. The van der Waals surface area contributed by atoms with Crippen LogP contribution in [0.5, 0.6) is 0 Å². The van der Waals surface area contributed by atoms with E-state index < -0.39 is 6.10 Å². The maximum atomic E-state index is 12.9. The van der Waals surface area contributed by atoms with Crippen molar-refractivity contribution in [1.29, 1.82) is 0 Å². The van der Waals surface area contributed by atoms with Gasteiger partial charge >= 0.3 is 0 Å². The fraction of sp³-hybridized carbons (Fsp3) is 0.737. The number of nitrogens with one attached hydrogen (secondary N) is 1. The van der Waals surface area contributed by atoms with Crippen molar-refractivity contribution in [2.75, 3.05) is 32.8 Å². The van der Waals surface area contributed by atoms with Crippen LogP contribution in [0.4, 0.5) is 0 Å². The standard InChI is InChI=1S/C19H30N2O3S/c1-14(15-4-2-6-20-12-15)10-19(23)21-7-8-24-13-16(21)11-17(22)18-5-3-9-25-18/h3,5,9,14-17,20,22H,2,4,6-8,10-13H2,1H3. The summed E-state index contributed by atoms with van der Waals surface area (Å²) in [5, 5.41) is 15.9. The molecule has 4 atom stereocenters. The largest absolute Gasteiger partial charge is 0.387 e. The lowest BCUT2D eigenvalue weighted by atomic mass is 9.85. The molecule has 4 unspecified atom stereocenters. The molecule has 0 spiro atoms. The van der Waals surface area contributed by atoms with Crippen LogP contribution in [-0.2, 0) is 9.53 Å². The van der Waals surface area contributed by atoms with E-state index in [1.807, 2.05) is 22.4 Å². The molecule has 3 rings (SSSR count). The number of aliphatic hydroxyl groups is 1. The summed E-state index contributed by atoms with van der Waals surface area (Å²) in [7, 11) is 0. The van der Waals surface area contributed by atoms with E-state index in [9.17, 15) is 9.90 Å². The lowest BCUT2D eigenvalue weighted by molar-refractivity contribution is -0.142. The molecule has 0 aromatic carbocycles. The highest BCUT2D eigenvalue weighted by Crippen LogP contribution is 2.28. The Morgan fingerprint density at radius 2 is 2.44 bits per heavy atom. The molecule has 2 aliphatic heterocycles. The van der Waals surface area contributed by atoms with Crippen LogP contribution in [0.2, 0.25) is 0 Å². The summed E-state index contributed by atoms with van der Waals surface area (Å²) in [5.41, 5.74) is 0. The van der Waals surface area contributed by atoms with Gasteiger partial charge in [-0.25, -0.2) is 0 Å². The van der Waals surface area contributed by atoms with Crippen LogP contribution < -0.4 is 5.32 Å². The molecule has 2 fully saturated rings. The van der Waals surface area contributed by atoms with Gasteiger partial charge < -0.3 is 20.1 Å². The molecule has 25 heavy (non-hydrogen) atoms. The second-order valence-corrected chi connectivity index (χ2v) is 8.35. The summed E-state index contributed by atoms with van der Waals surface area (Å²) in [5.74, 6) is 1.20. The minimum Gasteiger partial charge on any atom is -0.387 e. The Labute approximate surface area is 154 Å². The van der Waals surface area contributed by atoms with Crippen molar-refractivity contribution in [3.63, 3.8) is 0 Å². The van der Waals surface area contributed by atoms with Gasteiger partial charge in [0, 0.05) is 24.3 Å². The van der Waals surface area contributed by atoms with Crippen molar-refractivity contribution in [3.05, 3.63) is 22.4 Å². The average molecular weight is 367 g/mol. The highest BCUT2D eigenvalue weighted by molar-refractivity contribution is 7.10. The predicted molar refractivity (Wildman–Crippen MR) is 99.6 cm³/mol. The fourth-order valence-corrected chi connectivity index (χ4v) is 4.68. The lowest BCUT2D eigenvalue weighted by Gasteiger charge is -2.38. The van der Waals surface area contributed by atoms with E-state index in [1.165, 1.54) is 12.8 Å². The van der Waals surface area contributed by atoms with E-state index in [0.717, 1.165) is 18.0 Å². The van der Waals surface area contributed by atoms with Gasteiger partial charge in [0.15, 0.2) is 0 Å². The number of carbonyl (C=O) groups is 1. The summed E-state index contributed by atoms with van der Waals surface area (Å²) in [6.45, 7) is 6.08. The molecule has 1 amide bonds. The molecule has 0 radical (unpaired) electrons. The molecule has 0 aliphatic carbocycles. The van der Waals surface area contributed by atoms with Crippen molar-refractivity contribution in [2.45, 2.75) is 44.8 Å². The first-order valence-corrected chi connectivity index (χ1v) is 10.3. The first-order valence-electron chi connectivity index (χ1n) is 9.44. The van der Waals surface area contributed by atoms with Crippen LogP contribution in [0, 0.1) is 11.8 Å². The first-order chi connectivity index (χ1) is 12.1. The van der Waals surface area contributed by atoms with Crippen LogP contribution >= 0.6 is 11.3 Å². The second-order valence-electron chi connectivity index (χ2n) is 7.37. The molecule has 140 valence electrons. The Hall–Kier alpha value is -0.950. The van der Waals surface area contributed by atoms with Gasteiger partial charge in [-0.15, -0.1) is 11.3 Å². The summed E-state index contributed by atoms with van der Waals surface area (Å²) in [6, 6.07) is 3.86. The zero-order chi connectivity index (χ0) is 17.6. The Morgan fingerprint density at radius 3 is 3.16 bits per heavy atom. The summed E-state index contributed by atoms with van der Waals surface area (Å²) < 4.78 is 5.59. The van der Waals surface area contributed by atoms with E-state index >= 15 is 0 Å². The summed E-state index contributed by atoms with van der Waals surface area (Å²) in [4.78, 5) is 15.8. The van der Waals surface area contributed by atoms with E-state index in [-0.39, 0.29) is 11.9 Å². The minimum absolute atomic E-state index is 0.0324. The normalized spacial score (nSPS) is 27.0. The highest BCUT2D eigenvalue weighted by Gasteiger charge is 2.31. The zero-order valence-electron chi connectivity index (χ0n) is 15.0. The molecule has 1 aromatic rings. The number of nitrogens with zero attached hydrogens (tertiary/aromatic N) is 1. The first kappa shape index (κ1) is 18.8. The van der Waals surface area contributed by atoms with Crippen molar-refractivity contribution in [3.8, 4) is 0 Å². The number of hydrogen-bond donors (Lipinski definition) is 2. The molecule has 3 heterocycles. The van der Waals surface area contributed by atoms with Crippen LogP contribution in [0.25, 0.3) is 0 Å². The molecule has 2 saturated heterocycles. The van der Waals surface area contributed by atoms with Gasteiger partial charge in [0.25, 0.3) is 0 Å². The molecular weight excluding hydrogens is 336 g/mol. The van der Waals surface area contributed by atoms with Crippen molar-refractivity contribution in [2.24, 2.45) is 11.8 Å². The molecular formula is C19H30N2O3S. The Kier molecular flexibility index (Phi) is 6.87. The topological polar surface area (TPSA) is 61.8 Å². The number of aliphatic hydroxyl groups excluding tert-OH is 1. The van der Waals surface area contributed by atoms with Gasteiger partial charge in [0.2, 0.25) is 5.91 Å². The average Bonchev–Trinajstić information content (AvgIpc) is 3.17. The number of thiophene rings is 1. The minimum atomic E-state index is -0.526.